The number of rotatable bonds is 1. The number of guanidine groups is 1. The van der Waals surface area contributed by atoms with Crippen molar-refractivity contribution in [1.82, 2.24) is 10.6 Å². The Bertz CT molecular complexity index is 366. The lowest BCUT2D eigenvalue weighted by Gasteiger charge is -2.02. The summed E-state index contributed by atoms with van der Waals surface area (Å²) in [5.41, 5.74) is 2.03. The number of nitrogens with zero attached hydrogens (tertiary/aromatic N) is 1. The molecule has 0 spiro atoms. The summed E-state index contributed by atoms with van der Waals surface area (Å²) in [5.74, 6) is 0.829. The molecule has 14 heavy (non-hydrogen) atoms. The van der Waals surface area contributed by atoms with Crippen molar-refractivity contribution >= 4 is 23.2 Å². The van der Waals surface area contributed by atoms with Gasteiger partial charge in [0.1, 0.15) is 0 Å². The van der Waals surface area contributed by atoms with Crippen LogP contribution in [0.1, 0.15) is 5.56 Å². The monoisotopic (exact) mass is 209 g/mol. The zero-order valence-corrected chi connectivity index (χ0v) is 8.73. The van der Waals surface area contributed by atoms with Crippen molar-refractivity contribution in [3.8, 4) is 0 Å². The molecule has 1 aromatic carbocycles. The summed E-state index contributed by atoms with van der Waals surface area (Å²) in [5, 5.41) is 7.01. The molecule has 3 nitrogen and oxygen atoms in total. The number of benzene rings is 1. The van der Waals surface area contributed by atoms with Crippen LogP contribution in [-0.2, 0) is 0 Å². The average molecular weight is 210 g/mol. The van der Waals surface area contributed by atoms with E-state index in [1.54, 1.807) is 0 Å². The predicted molar refractivity (Wildman–Crippen MR) is 59.3 cm³/mol. The third-order valence-corrected chi connectivity index (χ3v) is 2.35. The second kappa shape index (κ2) is 3.88. The topological polar surface area (TPSA) is 36.4 Å². The number of hydrogen-bond acceptors (Lipinski definition) is 1. The van der Waals surface area contributed by atoms with Crippen LogP contribution < -0.4 is 10.6 Å². The lowest BCUT2D eigenvalue weighted by atomic mass is 10.2. The molecule has 1 fully saturated rings. The van der Waals surface area contributed by atoms with Crippen LogP contribution >= 0.6 is 11.6 Å². The minimum Gasteiger partial charge on any atom is -0.354 e. The fourth-order valence-corrected chi connectivity index (χ4v) is 1.49. The summed E-state index contributed by atoms with van der Waals surface area (Å²) in [6.07, 6.45) is 0. The first-order valence-corrected chi connectivity index (χ1v) is 4.96. The van der Waals surface area contributed by atoms with Crippen LogP contribution in [0.3, 0.4) is 0 Å². The van der Waals surface area contributed by atoms with Crippen molar-refractivity contribution in [2.75, 3.05) is 13.1 Å². The molecule has 1 aromatic rings. The second-order valence-electron chi connectivity index (χ2n) is 3.24. The van der Waals surface area contributed by atoms with Crippen LogP contribution in [0.4, 0.5) is 5.69 Å². The Hall–Kier alpha value is -1.22. The fraction of sp³-hybridized carbons (Fsp3) is 0.300. The summed E-state index contributed by atoms with van der Waals surface area (Å²) in [6.45, 7) is 3.88. The first-order valence-electron chi connectivity index (χ1n) is 4.58. The standard InChI is InChI=1S/C10H12ClN3/c1-7-2-3-8(11)6-9(7)14-10-12-4-5-13-10/h2-3,6H,4-5H2,1H3,(H2,12,13,14). The first kappa shape index (κ1) is 9.34. The fourth-order valence-electron chi connectivity index (χ4n) is 1.33. The van der Waals surface area contributed by atoms with Crippen molar-refractivity contribution in [2.24, 2.45) is 4.99 Å². The van der Waals surface area contributed by atoms with Gasteiger partial charge in [-0.15, -0.1) is 0 Å². The Labute approximate surface area is 88.2 Å². The van der Waals surface area contributed by atoms with E-state index in [4.69, 9.17) is 11.6 Å². The summed E-state index contributed by atoms with van der Waals surface area (Å²) in [6, 6.07) is 5.71. The van der Waals surface area contributed by atoms with E-state index < -0.39 is 0 Å². The zero-order chi connectivity index (χ0) is 9.97. The van der Waals surface area contributed by atoms with Crippen molar-refractivity contribution in [3.05, 3.63) is 28.8 Å². The van der Waals surface area contributed by atoms with Gasteiger partial charge >= 0.3 is 0 Å². The third-order valence-electron chi connectivity index (χ3n) is 2.11. The summed E-state index contributed by atoms with van der Waals surface area (Å²) in [4.78, 5) is 4.43. The maximum Gasteiger partial charge on any atom is 0.196 e. The van der Waals surface area contributed by atoms with Gasteiger partial charge in [-0.2, -0.15) is 0 Å². The zero-order valence-electron chi connectivity index (χ0n) is 7.97. The number of aryl methyl sites for hydroxylation is 1. The van der Waals surface area contributed by atoms with E-state index in [9.17, 15) is 0 Å². The van der Waals surface area contributed by atoms with Crippen molar-refractivity contribution in [1.29, 1.82) is 0 Å². The SMILES string of the molecule is Cc1ccc(Cl)cc1N=C1NCCN1. The van der Waals surface area contributed by atoms with Crippen molar-refractivity contribution in [3.63, 3.8) is 0 Å². The molecule has 0 saturated carbocycles. The van der Waals surface area contributed by atoms with Gasteiger partial charge in [0.25, 0.3) is 0 Å². The first-order chi connectivity index (χ1) is 6.75. The highest BCUT2D eigenvalue weighted by atomic mass is 35.5. The predicted octanol–water partition coefficient (Wildman–Crippen LogP) is 1.83. The Kier molecular flexibility index (Phi) is 2.59. The molecule has 1 aliphatic heterocycles. The lowest BCUT2D eigenvalue weighted by molar-refractivity contribution is 0.942. The van der Waals surface area contributed by atoms with Gasteiger partial charge in [-0.05, 0) is 24.6 Å². The van der Waals surface area contributed by atoms with E-state index in [-0.39, 0.29) is 0 Å². The third kappa shape index (κ3) is 1.99. The molecule has 1 aliphatic rings. The van der Waals surface area contributed by atoms with Gasteiger partial charge in [0.05, 0.1) is 5.69 Å². The van der Waals surface area contributed by atoms with E-state index in [0.717, 1.165) is 30.3 Å². The molecule has 0 bridgehead atoms. The molecule has 0 aliphatic carbocycles. The van der Waals surface area contributed by atoms with E-state index in [0.29, 0.717) is 5.02 Å². The molecule has 1 heterocycles. The molecule has 2 rings (SSSR count). The maximum atomic E-state index is 5.89. The molecule has 0 amide bonds. The van der Waals surface area contributed by atoms with Gasteiger partial charge < -0.3 is 10.6 Å². The van der Waals surface area contributed by atoms with Crippen molar-refractivity contribution < 1.29 is 0 Å². The maximum absolute atomic E-state index is 5.89. The smallest absolute Gasteiger partial charge is 0.196 e. The van der Waals surface area contributed by atoms with Crippen LogP contribution in [0.2, 0.25) is 5.02 Å². The molecule has 4 heteroatoms. The summed E-state index contributed by atoms with van der Waals surface area (Å²) < 4.78 is 0. The Morgan fingerprint density at radius 2 is 2.00 bits per heavy atom. The Morgan fingerprint density at radius 3 is 2.71 bits per heavy atom. The molecule has 0 radical (unpaired) electrons. The lowest BCUT2D eigenvalue weighted by Crippen LogP contribution is -2.23. The van der Waals surface area contributed by atoms with E-state index in [2.05, 4.69) is 15.6 Å². The highest BCUT2D eigenvalue weighted by Gasteiger charge is 2.06. The molecule has 0 aromatic heterocycles. The van der Waals surface area contributed by atoms with Gasteiger partial charge in [-0.25, -0.2) is 4.99 Å². The Balaban J connectivity index is 2.31. The number of aliphatic imine (C=N–C) groups is 1. The minimum absolute atomic E-state index is 0.716. The van der Waals surface area contributed by atoms with Gasteiger partial charge in [-0.3, -0.25) is 0 Å². The average Bonchev–Trinajstić information content (AvgIpc) is 2.64. The van der Waals surface area contributed by atoms with E-state index in [1.165, 1.54) is 0 Å². The highest BCUT2D eigenvalue weighted by Crippen LogP contribution is 2.22. The van der Waals surface area contributed by atoms with Crippen molar-refractivity contribution in [2.45, 2.75) is 6.92 Å². The quantitative estimate of drug-likeness (QED) is 0.741. The van der Waals surface area contributed by atoms with Gasteiger partial charge in [0, 0.05) is 18.1 Å². The molecule has 1 saturated heterocycles. The minimum atomic E-state index is 0.716. The highest BCUT2D eigenvalue weighted by molar-refractivity contribution is 6.30. The Morgan fingerprint density at radius 1 is 1.29 bits per heavy atom. The number of hydrogen-bond donors (Lipinski definition) is 2. The van der Waals surface area contributed by atoms with Crippen LogP contribution in [0.5, 0.6) is 0 Å². The summed E-state index contributed by atoms with van der Waals surface area (Å²) in [7, 11) is 0. The second-order valence-corrected chi connectivity index (χ2v) is 3.68. The molecule has 2 N–H and O–H groups in total. The van der Waals surface area contributed by atoms with Crippen LogP contribution in [0.15, 0.2) is 23.2 Å². The van der Waals surface area contributed by atoms with Crippen LogP contribution in [-0.4, -0.2) is 19.0 Å². The molecular formula is C10H12ClN3. The molecule has 74 valence electrons. The van der Waals surface area contributed by atoms with Gasteiger partial charge in [-0.1, -0.05) is 17.7 Å². The van der Waals surface area contributed by atoms with E-state index >= 15 is 0 Å². The normalized spacial score (nSPS) is 14.9. The van der Waals surface area contributed by atoms with Crippen LogP contribution in [0.25, 0.3) is 0 Å². The number of nitrogens with one attached hydrogen (secondary N) is 2. The molecule has 0 unspecified atom stereocenters. The van der Waals surface area contributed by atoms with E-state index in [1.807, 2.05) is 25.1 Å². The molecular weight excluding hydrogens is 198 g/mol. The van der Waals surface area contributed by atoms with Gasteiger partial charge in [0.2, 0.25) is 0 Å². The van der Waals surface area contributed by atoms with Gasteiger partial charge in [0.15, 0.2) is 5.96 Å². The summed E-state index contributed by atoms with van der Waals surface area (Å²) >= 11 is 5.89. The number of halogens is 1. The molecule has 0 atom stereocenters. The largest absolute Gasteiger partial charge is 0.354 e. The van der Waals surface area contributed by atoms with Crippen LogP contribution in [0, 0.1) is 6.92 Å².